The summed E-state index contributed by atoms with van der Waals surface area (Å²) < 4.78 is 1.16. The summed E-state index contributed by atoms with van der Waals surface area (Å²) in [5.41, 5.74) is 0.327. The molecule has 0 aliphatic carbocycles. The van der Waals surface area contributed by atoms with Gasteiger partial charge in [0.2, 0.25) is 11.8 Å². The van der Waals surface area contributed by atoms with Crippen LogP contribution in [0, 0.1) is 3.57 Å². The molecule has 0 aromatic heterocycles. The summed E-state index contributed by atoms with van der Waals surface area (Å²) >= 11 is 2.25. The van der Waals surface area contributed by atoms with Crippen molar-refractivity contribution in [2.75, 3.05) is 6.54 Å². The molecule has 1 fully saturated rings. The first kappa shape index (κ1) is 15.3. The maximum atomic E-state index is 12.6. The number of carbonyl (C=O) groups excluding carboxylic acids is 2. The molecule has 2 amide bonds. The van der Waals surface area contributed by atoms with E-state index < -0.39 is 5.54 Å². The summed E-state index contributed by atoms with van der Waals surface area (Å²) in [7, 11) is 0. The lowest BCUT2D eigenvalue weighted by molar-refractivity contribution is -0.151. The summed E-state index contributed by atoms with van der Waals surface area (Å²) in [6, 6.07) is 8.02. The van der Waals surface area contributed by atoms with Crippen molar-refractivity contribution in [1.29, 1.82) is 0 Å². The molecule has 5 heteroatoms. The SMILES string of the molecule is CCC1(CC)NC(=O)CN(Cc2ccc(I)cc2)C1=O. The van der Waals surface area contributed by atoms with Gasteiger partial charge in [0.25, 0.3) is 0 Å². The van der Waals surface area contributed by atoms with Crippen LogP contribution in [0.2, 0.25) is 0 Å². The van der Waals surface area contributed by atoms with Crippen LogP contribution in [0.5, 0.6) is 0 Å². The van der Waals surface area contributed by atoms with Gasteiger partial charge in [-0.15, -0.1) is 0 Å². The Bertz CT molecular complexity index is 509. The average Bonchev–Trinajstić information content (AvgIpc) is 2.45. The van der Waals surface area contributed by atoms with Crippen LogP contribution in [-0.2, 0) is 16.1 Å². The Hall–Kier alpha value is -1.11. The molecule has 1 saturated heterocycles. The molecule has 0 radical (unpaired) electrons. The molecular weight excluding hydrogens is 367 g/mol. The molecule has 1 N–H and O–H groups in total. The number of nitrogens with one attached hydrogen (secondary N) is 1. The van der Waals surface area contributed by atoms with Crippen LogP contribution in [-0.4, -0.2) is 28.8 Å². The number of amides is 2. The molecule has 4 nitrogen and oxygen atoms in total. The van der Waals surface area contributed by atoms with Gasteiger partial charge in [-0.3, -0.25) is 9.59 Å². The summed E-state index contributed by atoms with van der Waals surface area (Å²) in [6.45, 7) is 4.52. The lowest BCUT2D eigenvalue weighted by atomic mass is 9.88. The molecule has 1 aliphatic rings. The van der Waals surface area contributed by atoms with Crippen molar-refractivity contribution in [2.24, 2.45) is 0 Å². The fourth-order valence-electron chi connectivity index (χ4n) is 2.57. The van der Waals surface area contributed by atoms with Gasteiger partial charge in [0, 0.05) is 10.1 Å². The van der Waals surface area contributed by atoms with E-state index >= 15 is 0 Å². The van der Waals surface area contributed by atoms with E-state index in [-0.39, 0.29) is 18.4 Å². The fourth-order valence-corrected chi connectivity index (χ4v) is 2.93. The minimum atomic E-state index is -0.724. The van der Waals surface area contributed by atoms with Gasteiger partial charge >= 0.3 is 0 Å². The molecule has 1 aromatic carbocycles. The number of nitrogens with zero attached hydrogens (tertiary/aromatic N) is 1. The number of benzene rings is 1. The third kappa shape index (κ3) is 2.97. The highest BCUT2D eigenvalue weighted by atomic mass is 127. The molecule has 0 saturated carbocycles. The molecule has 1 heterocycles. The third-order valence-corrected chi connectivity index (χ3v) is 4.62. The summed E-state index contributed by atoms with van der Waals surface area (Å²) in [6.07, 6.45) is 1.24. The van der Waals surface area contributed by atoms with E-state index in [1.165, 1.54) is 0 Å². The zero-order valence-electron chi connectivity index (χ0n) is 11.8. The van der Waals surface area contributed by atoms with Crippen molar-refractivity contribution in [3.63, 3.8) is 0 Å². The van der Waals surface area contributed by atoms with Crippen molar-refractivity contribution < 1.29 is 9.59 Å². The molecule has 20 heavy (non-hydrogen) atoms. The molecule has 0 bridgehead atoms. The maximum Gasteiger partial charge on any atom is 0.249 e. The summed E-state index contributed by atoms with van der Waals surface area (Å²) in [5, 5.41) is 2.87. The first-order valence-electron chi connectivity index (χ1n) is 6.85. The average molecular weight is 386 g/mol. The highest BCUT2D eigenvalue weighted by Gasteiger charge is 2.43. The minimum absolute atomic E-state index is 0.0284. The van der Waals surface area contributed by atoms with Crippen molar-refractivity contribution in [2.45, 2.75) is 38.8 Å². The molecular formula is C15H19IN2O2. The van der Waals surface area contributed by atoms with Gasteiger partial charge in [0.1, 0.15) is 5.54 Å². The first-order chi connectivity index (χ1) is 9.50. The van der Waals surface area contributed by atoms with Gasteiger partial charge in [-0.1, -0.05) is 26.0 Å². The summed E-state index contributed by atoms with van der Waals surface area (Å²) in [5.74, 6) is -0.0422. The van der Waals surface area contributed by atoms with Crippen LogP contribution < -0.4 is 5.32 Å². The van der Waals surface area contributed by atoms with Gasteiger partial charge in [-0.2, -0.15) is 0 Å². The second kappa shape index (κ2) is 6.11. The fraction of sp³-hybridized carbons (Fsp3) is 0.467. The largest absolute Gasteiger partial charge is 0.340 e. The van der Waals surface area contributed by atoms with E-state index in [0.717, 1.165) is 9.13 Å². The topological polar surface area (TPSA) is 49.4 Å². The minimum Gasteiger partial charge on any atom is -0.340 e. The van der Waals surface area contributed by atoms with Gasteiger partial charge in [0.15, 0.2) is 0 Å². The lowest BCUT2D eigenvalue weighted by Crippen LogP contribution is -2.65. The second-order valence-electron chi connectivity index (χ2n) is 5.13. The maximum absolute atomic E-state index is 12.6. The highest BCUT2D eigenvalue weighted by Crippen LogP contribution is 2.23. The zero-order valence-corrected chi connectivity index (χ0v) is 13.9. The highest BCUT2D eigenvalue weighted by molar-refractivity contribution is 14.1. The smallest absolute Gasteiger partial charge is 0.249 e. The van der Waals surface area contributed by atoms with Crippen LogP contribution in [0.1, 0.15) is 32.3 Å². The van der Waals surface area contributed by atoms with E-state index in [4.69, 9.17) is 0 Å². The predicted octanol–water partition coefficient (Wildman–Crippen LogP) is 2.31. The number of carbonyl (C=O) groups is 2. The molecule has 108 valence electrons. The van der Waals surface area contributed by atoms with Crippen LogP contribution in [0.3, 0.4) is 0 Å². The third-order valence-electron chi connectivity index (χ3n) is 3.90. The predicted molar refractivity (Wildman–Crippen MR) is 86.0 cm³/mol. The number of piperazine rings is 1. The molecule has 0 spiro atoms. The Kier molecular flexibility index (Phi) is 4.67. The quantitative estimate of drug-likeness (QED) is 0.808. The van der Waals surface area contributed by atoms with E-state index in [1.807, 2.05) is 38.1 Å². The molecule has 0 unspecified atom stereocenters. The number of hydrogen-bond donors (Lipinski definition) is 1. The van der Waals surface area contributed by atoms with Gasteiger partial charge in [-0.25, -0.2) is 0 Å². The van der Waals surface area contributed by atoms with Crippen molar-refractivity contribution in [3.05, 3.63) is 33.4 Å². The van der Waals surface area contributed by atoms with Crippen LogP contribution in [0.25, 0.3) is 0 Å². The van der Waals surface area contributed by atoms with Crippen LogP contribution >= 0.6 is 22.6 Å². The zero-order chi connectivity index (χ0) is 14.8. The van der Waals surface area contributed by atoms with E-state index in [0.29, 0.717) is 19.4 Å². The number of halogens is 1. The first-order valence-corrected chi connectivity index (χ1v) is 7.93. The Balaban J connectivity index is 2.20. The summed E-state index contributed by atoms with van der Waals surface area (Å²) in [4.78, 5) is 26.2. The Labute approximate surface area is 133 Å². The number of rotatable bonds is 4. The molecule has 2 rings (SSSR count). The molecule has 1 aromatic rings. The normalized spacial score (nSPS) is 18.1. The monoisotopic (exact) mass is 386 g/mol. The van der Waals surface area contributed by atoms with E-state index in [9.17, 15) is 9.59 Å². The van der Waals surface area contributed by atoms with Crippen molar-refractivity contribution in [1.82, 2.24) is 10.2 Å². The Morgan fingerprint density at radius 2 is 1.80 bits per heavy atom. The van der Waals surface area contributed by atoms with Gasteiger partial charge < -0.3 is 10.2 Å². The molecule has 0 atom stereocenters. The Morgan fingerprint density at radius 3 is 2.35 bits per heavy atom. The van der Waals surface area contributed by atoms with Crippen molar-refractivity contribution in [3.8, 4) is 0 Å². The van der Waals surface area contributed by atoms with Crippen molar-refractivity contribution >= 4 is 34.4 Å². The second-order valence-corrected chi connectivity index (χ2v) is 6.37. The van der Waals surface area contributed by atoms with Gasteiger partial charge in [-0.05, 0) is 53.1 Å². The van der Waals surface area contributed by atoms with E-state index in [1.54, 1.807) is 4.90 Å². The standard InChI is InChI=1S/C15H19IN2O2/c1-3-15(4-2)14(20)18(10-13(19)17-15)9-11-5-7-12(16)8-6-11/h5-8H,3-4,9-10H2,1-2H3,(H,17,19). The van der Waals surface area contributed by atoms with E-state index in [2.05, 4.69) is 27.9 Å². The number of hydrogen-bond acceptors (Lipinski definition) is 2. The molecule has 1 aliphatic heterocycles. The van der Waals surface area contributed by atoms with Gasteiger partial charge in [0.05, 0.1) is 6.54 Å². The Morgan fingerprint density at radius 1 is 1.20 bits per heavy atom. The van der Waals surface area contributed by atoms with Crippen LogP contribution in [0.15, 0.2) is 24.3 Å². The van der Waals surface area contributed by atoms with Crippen LogP contribution in [0.4, 0.5) is 0 Å². The lowest BCUT2D eigenvalue weighted by Gasteiger charge is -2.41.